The molecule has 1 aromatic carbocycles. The Balaban J connectivity index is 3.08. The summed E-state index contributed by atoms with van der Waals surface area (Å²) in [5.74, 6) is -0.418. The number of nitro groups is 1. The first-order chi connectivity index (χ1) is 10.6. The molecule has 0 fully saturated rings. The minimum atomic E-state index is -3.88. The normalized spacial score (nSPS) is 11.5. The van der Waals surface area contributed by atoms with Gasteiger partial charge in [-0.2, -0.15) is 0 Å². The summed E-state index contributed by atoms with van der Waals surface area (Å²) in [5.41, 5.74) is 0.728. The zero-order chi connectivity index (χ0) is 17.8. The lowest BCUT2D eigenvalue weighted by atomic mass is 10.1. The van der Waals surface area contributed by atoms with Gasteiger partial charge in [-0.05, 0) is 31.4 Å². The van der Waals surface area contributed by atoms with E-state index < -0.39 is 20.9 Å². The van der Waals surface area contributed by atoms with E-state index in [0.29, 0.717) is 17.5 Å². The SMILES string of the molecule is COC(=O)CCCN(C)S(=O)(=O)c1cc([N+](=O)[O-])cc(C)c1C. The molecule has 9 heteroatoms. The molecule has 0 bridgehead atoms. The van der Waals surface area contributed by atoms with Gasteiger partial charge in [-0.25, -0.2) is 12.7 Å². The van der Waals surface area contributed by atoms with E-state index in [1.807, 2.05) is 0 Å². The zero-order valence-corrected chi connectivity index (χ0v) is 14.3. The molecule has 23 heavy (non-hydrogen) atoms. The number of sulfonamides is 1. The molecule has 0 unspecified atom stereocenters. The standard InChI is InChI=1S/C14H20N2O6S/c1-10-8-12(16(18)19)9-13(11(10)2)23(20,21)15(3)7-5-6-14(17)22-4/h8-9H,5-7H2,1-4H3. The molecule has 1 rings (SSSR count). The number of carbonyl (C=O) groups excluding carboxylic acids is 1. The van der Waals surface area contributed by atoms with Crippen LogP contribution in [0.4, 0.5) is 5.69 Å². The fourth-order valence-electron chi connectivity index (χ4n) is 2.02. The van der Waals surface area contributed by atoms with E-state index in [4.69, 9.17) is 0 Å². The Morgan fingerprint density at radius 1 is 1.35 bits per heavy atom. The third kappa shape index (κ3) is 4.49. The summed E-state index contributed by atoms with van der Waals surface area (Å²) in [6, 6.07) is 2.40. The molecule has 0 atom stereocenters. The van der Waals surface area contributed by atoms with E-state index in [2.05, 4.69) is 4.74 Å². The lowest BCUT2D eigenvalue weighted by Gasteiger charge is -2.19. The van der Waals surface area contributed by atoms with Crippen molar-refractivity contribution in [3.63, 3.8) is 0 Å². The minimum absolute atomic E-state index is 0.0928. The Bertz CT molecular complexity index is 714. The molecule has 0 saturated heterocycles. The van der Waals surface area contributed by atoms with Gasteiger partial charge >= 0.3 is 5.97 Å². The van der Waals surface area contributed by atoms with Crippen molar-refractivity contribution in [3.8, 4) is 0 Å². The Morgan fingerprint density at radius 2 is 1.96 bits per heavy atom. The van der Waals surface area contributed by atoms with Crippen molar-refractivity contribution in [2.75, 3.05) is 20.7 Å². The molecule has 1 aromatic rings. The fraction of sp³-hybridized carbons (Fsp3) is 0.500. The van der Waals surface area contributed by atoms with E-state index in [9.17, 15) is 23.3 Å². The quantitative estimate of drug-likeness (QED) is 0.424. The van der Waals surface area contributed by atoms with E-state index in [1.165, 1.54) is 20.2 Å². The van der Waals surface area contributed by atoms with Crippen LogP contribution in [0, 0.1) is 24.0 Å². The van der Waals surface area contributed by atoms with Crippen molar-refractivity contribution in [2.45, 2.75) is 31.6 Å². The zero-order valence-electron chi connectivity index (χ0n) is 13.5. The highest BCUT2D eigenvalue weighted by molar-refractivity contribution is 7.89. The summed E-state index contributed by atoms with van der Waals surface area (Å²) in [6.07, 6.45) is 0.401. The van der Waals surface area contributed by atoms with Crippen LogP contribution in [0.2, 0.25) is 0 Å². The van der Waals surface area contributed by atoms with Gasteiger partial charge in [-0.3, -0.25) is 14.9 Å². The van der Waals surface area contributed by atoms with Gasteiger partial charge in [0.05, 0.1) is 16.9 Å². The minimum Gasteiger partial charge on any atom is -0.469 e. The van der Waals surface area contributed by atoms with Crippen LogP contribution in [0.3, 0.4) is 0 Å². The molecular formula is C14H20N2O6S. The van der Waals surface area contributed by atoms with Gasteiger partial charge in [0, 0.05) is 32.1 Å². The van der Waals surface area contributed by atoms with Gasteiger partial charge in [0.15, 0.2) is 0 Å². The second-order valence-electron chi connectivity index (χ2n) is 5.15. The van der Waals surface area contributed by atoms with Crippen molar-refractivity contribution in [3.05, 3.63) is 33.4 Å². The molecule has 0 aliphatic carbocycles. The number of nitrogens with zero attached hydrogens (tertiary/aromatic N) is 2. The average molecular weight is 344 g/mol. The van der Waals surface area contributed by atoms with Crippen LogP contribution in [0.15, 0.2) is 17.0 Å². The van der Waals surface area contributed by atoms with Crippen LogP contribution in [-0.2, 0) is 19.6 Å². The molecule has 0 amide bonds. The van der Waals surface area contributed by atoms with E-state index in [1.54, 1.807) is 13.8 Å². The predicted octanol–water partition coefficient (Wildman–Crippen LogP) is 1.79. The number of non-ortho nitro benzene ring substituents is 1. The van der Waals surface area contributed by atoms with Crippen molar-refractivity contribution < 1.29 is 22.9 Å². The lowest BCUT2D eigenvalue weighted by Crippen LogP contribution is -2.29. The number of aryl methyl sites for hydroxylation is 1. The van der Waals surface area contributed by atoms with Gasteiger partial charge in [0.2, 0.25) is 10.0 Å². The van der Waals surface area contributed by atoms with Crippen LogP contribution in [-0.4, -0.2) is 44.3 Å². The van der Waals surface area contributed by atoms with Crippen molar-refractivity contribution >= 4 is 21.7 Å². The molecule has 0 N–H and O–H groups in total. The summed E-state index contributed by atoms with van der Waals surface area (Å²) in [4.78, 5) is 21.3. The van der Waals surface area contributed by atoms with Crippen molar-refractivity contribution in [1.82, 2.24) is 4.31 Å². The maximum atomic E-state index is 12.6. The number of ether oxygens (including phenoxy) is 1. The highest BCUT2D eigenvalue weighted by Gasteiger charge is 2.26. The Morgan fingerprint density at radius 3 is 2.48 bits per heavy atom. The third-order valence-corrected chi connectivity index (χ3v) is 5.57. The Kier molecular flexibility index (Phi) is 6.22. The molecular weight excluding hydrogens is 324 g/mol. The molecule has 128 valence electrons. The topological polar surface area (TPSA) is 107 Å². The summed E-state index contributed by atoms with van der Waals surface area (Å²) in [6.45, 7) is 3.34. The molecule has 8 nitrogen and oxygen atoms in total. The number of rotatable bonds is 7. The fourth-order valence-corrected chi connectivity index (χ4v) is 3.54. The number of benzene rings is 1. The van der Waals surface area contributed by atoms with E-state index >= 15 is 0 Å². The number of nitro benzene ring substituents is 1. The van der Waals surface area contributed by atoms with E-state index in [0.717, 1.165) is 10.4 Å². The van der Waals surface area contributed by atoms with Crippen LogP contribution < -0.4 is 0 Å². The largest absolute Gasteiger partial charge is 0.469 e. The first-order valence-electron chi connectivity index (χ1n) is 6.90. The van der Waals surface area contributed by atoms with Gasteiger partial charge in [0.1, 0.15) is 0 Å². The summed E-state index contributed by atoms with van der Waals surface area (Å²) >= 11 is 0. The molecule has 0 aromatic heterocycles. The molecule has 0 aliphatic heterocycles. The van der Waals surface area contributed by atoms with Gasteiger partial charge < -0.3 is 4.74 Å². The number of carbonyl (C=O) groups is 1. The monoisotopic (exact) mass is 344 g/mol. The summed E-state index contributed by atoms with van der Waals surface area (Å²) in [5, 5.41) is 10.9. The van der Waals surface area contributed by atoms with E-state index in [-0.39, 0.29) is 23.5 Å². The lowest BCUT2D eigenvalue weighted by molar-refractivity contribution is -0.385. The van der Waals surface area contributed by atoms with Crippen LogP contribution in [0.1, 0.15) is 24.0 Å². The van der Waals surface area contributed by atoms with Gasteiger partial charge in [-0.1, -0.05) is 0 Å². The molecule has 0 saturated carbocycles. The summed E-state index contributed by atoms with van der Waals surface area (Å²) < 4.78 is 30.8. The van der Waals surface area contributed by atoms with Gasteiger partial charge in [-0.15, -0.1) is 0 Å². The van der Waals surface area contributed by atoms with Crippen molar-refractivity contribution in [2.24, 2.45) is 0 Å². The predicted molar refractivity (Wildman–Crippen MR) is 83.6 cm³/mol. The second-order valence-corrected chi connectivity index (χ2v) is 7.16. The van der Waals surface area contributed by atoms with Crippen LogP contribution in [0.25, 0.3) is 0 Å². The van der Waals surface area contributed by atoms with Crippen LogP contribution in [0.5, 0.6) is 0 Å². The van der Waals surface area contributed by atoms with Gasteiger partial charge in [0.25, 0.3) is 5.69 Å². The first-order valence-corrected chi connectivity index (χ1v) is 8.34. The third-order valence-electron chi connectivity index (χ3n) is 3.59. The number of hydrogen-bond acceptors (Lipinski definition) is 6. The maximum absolute atomic E-state index is 12.6. The molecule has 0 heterocycles. The van der Waals surface area contributed by atoms with Crippen LogP contribution >= 0.6 is 0 Å². The van der Waals surface area contributed by atoms with Crippen molar-refractivity contribution in [1.29, 1.82) is 0 Å². The molecule has 0 radical (unpaired) electrons. The number of hydrogen-bond donors (Lipinski definition) is 0. The smallest absolute Gasteiger partial charge is 0.305 e. The highest BCUT2D eigenvalue weighted by Crippen LogP contribution is 2.27. The first kappa shape index (κ1) is 19.0. The Hall–Kier alpha value is -2.00. The molecule has 0 spiro atoms. The maximum Gasteiger partial charge on any atom is 0.305 e. The highest BCUT2D eigenvalue weighted by atomic mass is 32.2. The number of esters is 1. The Labute approximate surface area is 135 Å². The summed E-state index contributed by atoms with van der Waals surface area (Å²) in [7, 11) is -1.24. The molecule has 0 aliphatic rings. The second kappa shape index (κ2) is 7.51. The number of methoxy groups -OCH3 is 1. The average Bonchev–Trinajstić information content (AvgIpc) is 2.48.